The summed E-state index contributed by atoms with van der Waals surface area (Å²) in [6.07, 6.45) is 1.63. The Labute approximate surface area is 126 Å². The van der Waals surface area contributed by atoms with E-state index in [4.69, 9.17) is 0 Å². The average Bonchev–Trinajstić information content (AvgIpc) is 2.96. The molecule has 0 radical (unpaired) electrons. The lowest BCUT2D eigenvalue weighted by Gasteiger charge is -2.05. The number of carbonyl (C=O) groups excluding carboxylic acids is 2. The molecule has 0 spiro atoms. The van der Waals surface area contributed by atoms with E-state index in [9.17, 15) is 9.59 Å². The van der Waals surface area contributed by atoms with Crippen LogP contribution in [0.3, 0.4) is 0 Å². The lowest BCUT2D eigenvalue weighted by molar-refractivity contribution is 0.0600. The minimum Gasteiger partial charge on any atom is -0.465 e. The van der Waals surface area contributed by atoms with Gasteiger partial charge in [-0.1, -0.05) is 17.8 Å². The number of hydrogen-bond donors (Lipinski definition) is 1. The zero-order chi connectivity index (χ0) is 15.2. The molecule has 1 heterocycles. The molecule has 0 saturated heterocycles. The molecule has 1 N–H and O–H groups in total. The highest BCUT2D eigenvalue weighted by Crippen LogP contribution is 2.16. The SMILES string of the molecule is CCCc1nnsc1C(=O)Nc1ccc(C(=O)OC)cc1. The van der Waals surface area contributed by atoms with Crippen molar-refractivity contribution in [1.29, 1.82) is 0 Å². The van der Waals surface area contributed by atoms with Gasteiger partial charge in [0.1, 0.15) is 4.88 Å². The summed E-state index contributed by atoms with van der Waals surface area (Å²) in [6.45, 7) is 2.02. The van der Waals surface area contributed by atoms with Crippen LogP contribution in [0, 0.1) is 0 Å². The maximum Gasteiger partial charge on any atom is 0.337 e. The van der Waals surface area contributed by atoms with Crippen LogP contribution in [-0.2, 0) is 11.2 Å². The van der Waals surface area contributed by atoms with Crippen molar-refractivity contribution in [1.82, 2.24) is 9.59 Å². The lowest BCUT2D eigenvalue weighted by atomic mass is 10.2. The Morgan fingerprint density at radius 2 is 2.00 bits per heavy atom. The van der Waals surface area contributed by atoms with E-state index in [1.165, 1.54) is 7.11 Å². The van der Waals surface area contributed by atoms with Crippen molar-refractivity contribution in [3.05, 3.63) is 40.4 Å². The van der Waals surface area contributed by atoms with Gasteiger partial charge in [-0.05, 0) is 42.2 Å². The highest BCUT2D eigenvalue weighted by atomic mass is 32.1. The van der Waals surface area contributed by atoms with Gasteiger partial charge < -0.3 is 10.1 Å². The average molecular weight is 305 g/mol. The number of methoxy groups -OCH3 is 1. The quantitative estimate of drug-likeness (QED) is 0.858. The molecule has 7 heteroatoms. The first-order chi connectivity index (χ1) is 10.2. The highest BCUT2D eigenvalue weighted by Gasteiger charge is 2.16. The second kappa shape index (κ2) is 6.94. The summed E-state index contributed by atoms with van der Waals surface area (Å²) in [6, 6.07) is 6.49. The standard InChI is InChI=1S/C14H15N3O3S/c1-3-4-11-12(21-17-16-11)13(18)15-10-7-5-9(6-8-10)14(19)20-2/h5-8H,3-4H2,1-2H3,(H,15,18). The summed E-state index contributed by atoms with van der Waals surface area (Å²) in [7, 11) is 1.32. The van der Waals surface area contributed by atoms with Crippen LogP contribution < -0.4 is 5.32 Å². The van der Waals surface area contributed by atoms with Gasteiger partial charge in [-0.3, -0.25) is 4.79 Å². The fourth-order valence-corrected chi connectivity index (χ4v) is 2.38. The molecule has 2 aromatic rings. The van der Waals surface area contributed by atoms with Crippen LogP contribution in [0.2, 0.25) is 0 Å². The molecule has 0 saturated carbocycles. The molecule has 0 aliphatic carbocycles. The molecule has 0 unspecified atom stereocenters. The maximum absolute atomic E-state index is 12.2. The molecule has 110 valence electrons. The van der Waals surface area contributed by atoms with Crippen LogP contribution >= 0.6 is 11.5 Å². The summed E-state index contributed by atoms with van der Waals surface area (Å²) in [5, 5.41) is 6.73. The van der Waals surface area contributed by atoms with E-state index in [1.807, 2.05) is 6.92 Å². The number of anilines is 1. The van der Waals surface area contributed by atoms with Gasteiger partial charge in [0.05, 0.1) is 18.4 Å². The Balaban J connectivity index is 2.09. The Hall–Kier alpha value is -2.28. The van der Waals surface area contributed by atoms with Crippen LogP contribution in [0.15, 0.2) is 24.3 Å². The first-order valence-electron chi connectivity index (χ1n) is 6.46. The third-order valence-corrected chi connectivity index (χ3v) is 3.58. The van der Waals surface area contributed by atoms with Gasteiger partial charge in [-0.2, -0.15) is 0 Å². The molecule has 0 bridgehead atoms. The summed E-state index contributed by atoms with van der Waals surface area (Å²) in [5.41, 5.74) is 1.75. The maximum atomic E-state index is 12.2. The zero-order valence-electron chi connectivity index (χ0n) is 11.8. The number of nitrogens with one attached hydrogen (secondary N) is 1. The molecule has 0 fully saturated rings. The minimum absolute atomic E-state index is 0.237. The number of aryl methyl sites for hydroxylation is 1. The minimum atomic E-state index is -0.412. The second-order valence-corrected chi connectivity index (χ2v) is 5.08. The van der Waals surface area contributed by atoms with Crippen molar-refractivity contribution in [2.45, 2.75) is 19.8 Å². The number of carbonyl (C=O) groups is 2. The summed E-state index contributed by atoms with van der Waals surface area (Å²) in [5.74, 6) is -0.649. The smallest absolute Gasteiger partial charge is 0.337 e. The van der Waals surface area contributed by atoms with E-state index in [-0.39, 0.29) is 5.91 Å². The third kappa shape index (κ3) is 3.63. The Morgan fingerprint density at radius 1 is 1.29 bits per heavy atom. The Morgan fingerprint density at radius 3 is 2.62 bits per heavy atom. The normalized spacial score (nSPS) is 10.2. The monoisotopic (exact) mass is 305 g/mol. The number of esters is 1. The van der Waals surface area contributed by atoms with Crippen molar-refractivity contribution in [3.8, 4) is 0 Å². The van der Waals surface area contributed by atoms with Crippen molar-refractivity contribution in [2.75, 3.05) is 12.4 Å². The Kier molecular flexibility index (Phi) is 4.99. The molecule has 1 aromatic heterocycles. The number of hydrogen-bond acceptors (Lipinski definition) is 6. The lowest BCUT2D eigenvalue weighted by Crippen LogP contribution is -2.12. The molecular formula is C14H15N3O3S. The van der Waals surface area contributed by atoms with Gasteiger partial charge in [-0.15, -0.1) is 5.10 Å². The summed E-state index contributed by atoms with van der Waals surface area (Å²) >= 11 is 1.08. The fraction of sp³-hybridized carbons (Fsp3) is 0.286. The number of ether oxygens (including phenoxy) is 1. The molecule has 1 amide bonds. The fourth-order valence-electron chi connectivity index (χ4n) is 1.78. The number of aromatic nitrogens is 2. The molecule has 0 aliphatic rings. The van der Waals surface area contributed by atoms with E-state index in [1.54, 1.807) is 24.3 Å². The van der Waals surface area contributed by atoms with Gasteiger partial charge in [0.25, 0.3) is 5.91 Å². The van der Waals surface area contributed by atoms with Crippen molar-refractivity contribution < 1.29 is 14.3 Å². The molecule has 1 aromatic carbocycles. The topological polar surface area (TPSA) is 81.2 Å². The van der Waals surface area contributed by atoms with E-state index in [0.717, 1.165) is 24.4 Å². The summed E-state index contributed by atoms with van der Waals surface area (Å²) < 4.78 is 8.44. The molecule has 6 nitrogen and oxygen atoms in total. The number of amides is 1. The molecule has 0 atom stereocenters. The van der Waals surface area contributed by atoms with E-state index >= 15 is 0 Å². The van der Waals surface area contributed by atoms with E-state index in [0.29, 0.717) is 21.8 Å². The van der Waals surface area contributed by atoms with Gasteiger partial charge >= 0.3 is 5.97 Å². The number of rotatable bonds is 5. The predicted molar refractivity (Wildman–Crippen MR) is 79.6 cm³/mol. The van der Waals surface area contributed by atoms with E-state index < -0.39 is 5.97 Å². The van der Waals surface area contributed by atoms with Gasteiger partial charge in [0.15, 0.2) is 0 Å². The van der Waals surface area contributed by atoms with Gasteiger partial charge in [-0.25, -0.2) is 4.79 Å². The molecular weight excluding hydrogens is 290 g/mol. The number of nitrogens with zero attached hydrogens (tertiary/aromatic N) is 2. The van der Waals surface area contributed by atoms with Crippen LogP contribution in [-0.4, -0.2) is 28.6 Å². The number of benzene rings is 1. The molecule has 0 aliphatic heterocycles. The van der Waals surface area contributed by atoms with Crippen LogP contribution in [0.5, 0.6) is 0 Å². The van der Waals surface area contributed by atoms with Gasteiger partial charge in [0.2, 0.25) is 0 Å². The molecule has 2 rings (SSSR count). The second-order valence-electron chi connectivity index (χ2n) is 4.32. The largest absolute Gasteiger partial charge is 0.465 e. The van der Waals surface area contributed by atoms with Crippen LogP contribution in [0.25, 0.3) is 0 Å². The van der Waals surface area contributed by atoms with Crippen LogP contribution in [0.4, 0.5) is 5.69 Å². The Bertz CT molecular complexity index is 637. The van der Waals surface area contributed by atoms with Gasteiger partial charge in [0, 0.05) is 5.69 Å². The van der Waals surface area contributed by atoms with Crippen LogP contribution in [0.1, 0.15) is 39.1 Å². The summed E-state index contributed by atoms with van der Waals surface area (Å²) in [4.78, 5) is 24.0. The van der Waals surface area contributed by atoms with E-state index in [2.05, 4.69) is 19.6 Å². The zero-order valence-corrected chi connectivity index (χ0v) is 12.6. The highest BCUT2D eigenvalue weighted by molar-refractivity contribution is 7.08. The van der Waals surface area contributed by atoms with Crippen molar-refractivity contribution in [2.24, 2.45) is 0 Å². The first kappa shape index (κ1) is 15.1. The first-order valence-corrected chi connectivity index (χ1v) is 7.24. The molecule has 21 heavy (non-hydrogen) atoms. The predicted octanol–water partition coefficient (Wildman–Crippen LogP) is 2.53. The van der Waals surface area contributed by atoms with Crippen molar-refractivity contribution >= 4 is 29.1 Å². The third-order valence-electron chi connectivity index (χ3n) is 2.81. The van der Waals surface area contributed by atoms with Crippen molar-refractivity contribution in [3.63, 3.8) is 0 Å².